The van der Waals surface area contributed by atoms with E-state index in [1.165, 1.54) is 7.11 Å². The normalized spacial score (nSPS) is 10.4. The highest BCUT2D eigenvalue weighted by atomic mass is 35.5. The number of carbonyl (C=O) groups excluding carboxylic acids is 2. The van der Waals surface area contributed by atoms with Crippen LogP contribution in [-0.4, -0.2) is 32.1 Å². The Morgan fingerprint density at radius 3 is 2.21 bits per heavy atom. The number of hydrogen-bond donors (Lipinski definition) is 2. The Labute approximate surface area is 168 Å². The zero-order valence-corrected chi connectivity index (χ0v) is 16.3. The number of benzene rings is 2. The molecule has 2 amide bonds. The molecule has 0 unspecified atom stereocenters. The van der Waals surface area contributed by atoms with Crippen LogP contribution < -0.4 is 25.1 Å². The largest absolute Gasteiger partial charge is 0.493 e. The van der Waals surface area contributed by atoms with Crippen molar-refractivity contribution < 1.29 is 23.8 Å². The second-order valence-electron chi connectivity index (χ2n) is 5.51. The van der Waals surface area contributed by atoms with Crippen LogP contribution in [0, 0.1) is 0 Å². The third-order valence-electron chi connectivity index (χ3n) is 3.44. The molecule has 0 fully saturated rings. The van der Waals surface area contributed by atoms with Crippen molar-refractivity contribution in [2.24, 2.45) is 0 Å². The van der Waals surface area contributed by atoms with E-state index in [9.17, 15) is 9.59 Å². The molecule has 0 atom stereocenters. The van der Waals surface area contributed by atoms with Gasteiger partial charge in [-0.15, -0.1) is 0 Å². The predicted octanol–water partition coefficient (Wildman–Crippen LogP) is 2.99. The van der Waals surface area contributed by atoms with E-state index in [4.69, 9.17) is 25.8 Å². The summed E-state index contributed by atoms with van der Waals surface area (Å²) < 4.78 is 16.0. The van der Waals surface area contributed by atoms with Crippen molar-refractivity contribution in [3.63, 3.8) is 0 Å². The lowest BCUT2D eigenvalue weighted by atomic mass is 10.2. The number of allylic oxidation sites excluding steroid dienone is 1. The number of hydrazine groups is 1. The third-order valence-corrected chi connectivity index (χ3v) is 3.75. The van der Waals surface area contributed by atoms with E-state index in [0.717, 1.165) is 5.56 Å². The Balaban J connectivity index is 1.76. The summed E-state index contributed by atoms with van der Waals surface area (Å²) in [6.07, 6.45) is 3.82. The molecule has 0 aliphatic heterocycles. The lowest BCUT2D eigenvalue weighted by molar-refractivity contribution is -0.131. The number of hydrogen-bond acceptors (Lipinski definition) is 5. The number of ether oxygens (including phenoxy) is 3. The second kappa shape index (κ2) is 10.8. The molecule has 148 valence electrons. The maximum Gasteiger partial charge on any atom is 0.276 e. The van der Waals surface area contributed by atoms with Gasteiger partial charge in [0.1, 0.15) is 5.75 Å². The Hall–Kier alpha value is -3.19. The second-order valence-corrected chi connectivity index (χ2v) is 5.92. The van der Waals surface area contributed by atoms with Crippen molar-refractivity contribution in [2.75, 3.05) is 20.3 Å². The van der Waals surface area contributed by atoms with E-state index in [0.29, 0.717) is 22.3 Å². The van der Waals surface area contributed by atoms with Gasteiger partial charge in [-0.25, -0.2) is 0 Å². The molecule has 2 N–H and O–H groups in total. The van der Waals surface area contributed by atoms with Gasteiger partial charge in [0.15, 0.2) is 24.7 Å². The molecule has 0 aliphatic carbocycles. The molecule has 0 radical (unpaired) electrons. The van der Waals surface area contributed by atoms with E-state index in [-0.39, 0.29) is 13.2 Å². The molecule has 7 nitrogen and oxygen atoms in total. The predicted molar refractivity (Wildman–Crippen MR) is 106 cm³/mol. The highest BCUT2D eigenvalue weighted by Crippen LogP contribution is 2.28. The summed E-state index contributed by atoms with van der Waals surface area (Å²) >= 11 is 5.93. The molecule has 0 heterocycles. The van der Waals surface area contributed by atoms with Gasteiger partial charge in [-0.3, -0.25) is 20.4 Å². The van der Waals surface area contributed by atoms with Crippen LogP contribution in [-0.2, 0) is 9.59 Å². The minimum atomic E-state index is -0.540. The summed E-state index contributed by atoms with van der Waals surface area (Å²) in [6, 6.07) is 12.1. The molecular weight excluding hydrogens is 384 g/mol. The summed E-state index contributed by atoms with van der Waals surface area (Å²) in [5, 5.41) is 0.391. The average Bonchev–Trinajstić information content (AvgIpc) is 2.70. The molecule has 0 saturated carbocycles. The van der Waals surface area contributed by atoms with Crippen LogP contribution in [0.25, 0.3) is 6.08 Å². The first-order valence-electron chi connectivity index (χ1n) is 8.42. The van der Waals surface area contributed by atoms with Crippen LogP contribution in [0.3, 0.4) is 0 Å². The molecular formula is C20H21ClN2O5. The number of halogens is 1. The molecule has 0 bridgehead atoms. The molecule has 28 heavy (non-hydrogen) atoms. The van der Waals surface area contributed by atoms with Crippen LogP contribution in [0.4, 0.5) is 0 Å². The van der Waals surface area contributed by atoms with Gasteiger partial charge in [0.05, 0.1) is 12.1 Å². The van der Waals surface area contributed by atoms with Gasteiger partial charge >= 0.3 is 0 Å². The summed E-state index contributed by atoms with van der Waals surface area (Å²) in [6.45, 7) is 1.31. The summed E-state index contributed by atoms with van der Waals surface area (Å²) in [7, 11) is 1.51. The number of para-hydroxylation sites is 1. The van der Waals surface area contributed by atoms with Crippen LogP contribution in [0.5, 0.6) is 17.2 Å². The van der Waals surface area contributed by atoms with Crippen molar-refractivity contribution >= 4 is 29.5 Å². The monoisotopic (exact) mass is 404 g/mol. The summed E-state index contributed by atoms with van der Waals surface area (Å²) in [5.74, 6) is 0.217. The first kappa shape index (κ1) is 21.1. The molecule has 0 spiro atoms. The molecule has 0 aromatic heterocycles. The van der Waals surface area contributed by atoms with Crippen molar-refractivity contribution in [3.8, 4) is 17.2 Å². The lowest BCUT2D eigenvalue weighted by Gasteiger charge is -2.12. The van der Waals surface area contributed by atoms with Crippen molar-refractivity contribution in [1.29, 1.82) is 0 Å². The van der Waals surface area contributed by atoms with E-state index >= 15 is 0 Å². The lowest BCUT2D eigenvalue weighted by Crippen LogP contribution is -2.45. The van der Waals surface area contributed by atoms with Gasteiger partial charge < -0.3 is 14.2 Å². The molecule has 2 rings (SSSR count). The van der Waals surface area contributed by atoms with Gasteiger partial charge in [0.2, 0.25) is 0 Å². The number of methoxy groups -OCH3 is 1. The molecule has 8 heteroatoms. The van der Waals surface area contributed by atoms with E-state index < -0.39 is 11.8 Å². The van der Waals surface area contributed by atoms with Gasteiger partial charge in [0.25, 0.3) is 11.8 Å². The smallest absolute Gasteiger partial charge is 0.276 e. The maximum atomic E-state index is 11.9. The Bertz CT molecular complexity index is 854. The van der Waals surface area contributed by atoms with Crippen molar-refractivity contribution in [2.45, 2.75) is 6.92 Å². The number of carbonyl (C=O) groups is 2. The standard InChI is InChI=1S/C20H21ClN2O5/c1-3-6-14-9-10-17(18(11-14)26-2)28-13-20(25)23-22-19(24)12-27-16-8-5-4-7-15(16)21/h3-11H,12-13H2,1-2H3,(H,22,24)(H,23,25)/b6-3+. The van der Waals surface area contributed by atoms with Crippen LogP contribution in [0.1, 0.15) is 12.5 Å². The van der Waals surface area contributed by atoms with E-state index in [2.05, 4.69) is 10.9 Å². The van der Waals surface area contributed by atoms with Gasteiger partial charge in [-0.1, -0.05) is 42.0 Å². The first-order valence-corrected chi connectivity index (χ1v) is 8.80. The average molecular weight is 405 g/mol. The van der Waals surface area contributed by atoms with E-state index in [1.54, 1.807) is 36.4 Å². The fraction of sp³-hybridized carbons (Fsp3) is 0.200. The van der Waals surface area contributed by atoms with Gasteiger partial charge in [-0.05, 0) is 36.8 Å². The number of rotatable bonds is 8. The number of nitrogens with one attached hydrogen (secondary N) is 2. The Morgan fingerprint density at radius 1 is 0.964 bits per heavy atom. The maximum absolute atomic E-state index is 11.9. The van der Waals surface area contributed by atoms with Crippen LogP contribution in [0.2, 0.25) is 5.02 Å². The third kappa shape index (κ3) is 6.51. The van der Waals surface area contributed by atoms with Gasteiger partial charge in [0, 0.05) is 0 Å². The minimum Gasteiger partial charge on any atom is -0.493 e. The van der Waals surface area contributed by atoms with E-state index in [1.807, 2.05) is 25.1 Å². The zero-order valence-electron chi connectivity index (χ0n) is 15.5. The Kier molecular flexibility index (Phi) is 8.17. The topological polar surface area (TPSA) is 85.9 Å². The summed E-state index contributed by atoms with van der Waals surface area (Å²) in [5.41, 5.74) is 5.43. The summed E-state index contributed by atoms with van der Waals surface area (Å²) in [4.78, 5) is 23.6. The Morgan fingerprint density at radius 2 is 1.61 bits per heavy atom. The first-order chi connectivity index (χ1) is 13.5. The molecule has 2 aromatic rings. The highest BCUT2D eigenvalue weighted by molar-refractivity contribution is 6.32. The van der Waals surface area contributed by atoms with Crippen molar-refractivity contribution in [1.82, 2.24) is 10.9 Å². The zero-order chi connectivity index (χ0) is 20.4. The number of amides is 2. The van der Waals surface area contributed by atoms with Crippen molar-refractivity contribution in [3.05, 3.63) is 59.1 Å². The molecule has 0 aliphatic rings. The fourth-order valence-corrected chi connectivity index (χ4v) is 2.35. The van der Waals surface area contributed by atoms with Gasteiger partial charge in [-0.2, -0.15) is 0 Å². The SMILES string of the molecule is C/C=C/c1ccc(OCC(=O)NNC(=O)COc2ccccc2Cl)c(OC)c1. The van der Waals surface area contributed by atoms with Crippen LogP contribution in [0.15, 0.2) is 48.5 Å². The van der Waals surface area contributed by atoms with Crippen LogP contribution >= 0.6 is 11.6 Å². The fourth-order valence-electron chi connectivity index (χ4n) is 2.16. The minimum absolute atomic E-state index is 0.300. The molecule has 2 aromatic carbocycles. The quantitative estimate of drug-likeness (QED) is 0.660. The molecule has 0 saturated heterocycles. The highest BCUT2D eigenvalue weighted by Gasteiger charge is 2.10.